The predicted octanol–water partition coefficient (Wildman–Crippen LogP) is 8.24. The Balaban J connectivity index is 1.27. The summed E-state index contributed by atoms with van der Waals surface area (Å²) in [5.74, 6) is 11.7. The number of nitrogens with zero attached hydrogens (tertiary/aromatic N) is 6. The number of benzene rings is 7. The third-order valence-electron chi connectivity index (χ3n) is 11.4. The van der Waals surface area contributed by atoms with E-state index in [9.17, 15) is 29.8 Å². The van der Waals surface area contributed by atoms with Crippen molar-refractivity contribution in [1.82, 2.24) is 18.8 Å². The van der Waals surface area contributed by atoms with Gasteiger partial charge in [-0.3, -0.25) is 38.6 Å². The number of nitrogens with two attached hydrogens (primary N) is 2. The number of aromatic nitrogens is 4. The zero-order valence-electron chi connectivity index (χ0n) is 32.2. The Bertz CT molecular complexity index is 3840. The monoisotopic (exact) mass is 788 g/mol. The van der Waals surface area contributed by atoms with Gasteiger partial charge in [0.15, 0.2) is 0 Å². The molecule has 11 rings (SSSR count). The molecule has 11 aromatic rings. The van der Waals surface area contributed by atoms with E-state index in [4.69, 9.17) is 21.4 Å². The molecule has 14 nitrogen and oxygen atoms in total. The largest absolute Gasteiger partial charge is 0.398 e. The maximum absolute atomic E-state index is 14.6. The molecule has 0 amide bonds. The Labute approximate surface area is 335 Å². The van der Waals surface area contributed by atoms with Gasteiger partial charge >= 0.3 is 0 Å². The van der Waals surface area contributed by atoms with Crippen LogP contribution in [-0.2, 0) is 0 Å². The number of nitro benzene ring substituents is 2. The molecule has 14 heteroatoms. The Hall–Kier alpha value is -8.36. The SMILES string of the molecule is CC(C)C#Cc1cc2c(cc1[N+](=O)[O-])nc1c3cc(N)c4c5ccc6c(=O)n7c8cc(C#CC(C)C)c([N+](=O)[O-])cc8nc7c7cc(N)c(c8ccc(c(=O)n21)c3c84)c5c67. The van der Waals surface area contributed by atoms with Crippen LogP contribution in [0.4, 0.5) is 22.7 Å². The Morgan fingerprint density at radius 1 is 0.550 bits per heavy atom. The van der Waals surface area contributed by atoms with Gasteiger partial charge in [-0.25, -0.2) is 9.97 Å². The van der Waals surface area contributed by atoms with Gasteiger partial charge in [-0.2, -0.15) is 0 Å². The molecule has 0 aliphatic rings. The van der Waals surface area contributed by atoms with Crippen LogP contribution in [0.15, 0.2) is 70.3 Å². The fraction of sp³-hybridized carbons (Fsp3) is 0.130. The molecule has 0 saturated heterocycles. The molecule has 0 spiro atoms. The van der Waals surface area contributed by atoms with E-state index in [2.05, 4.69) is 23.7 Å². The highest BCUT2D eigenvalue weighted by atomic mass is 16.6. The minimum atomic E-state index is -0.504. The fourth-order valence-corrected chi connectivity index (χ4v) is 9.06. The van der Waals surface area contributed by atoms with Crippen LogP contribution in [0.2, 0.25) is 0 Å². The minimum absolute atomic E-state index is 0.0415. The summed E-state index contributed by atoms with van der Waals surface area (Å²) in [6.07, 6.45) is 0. The van der Waals surface area contributed by atoms with Gasteiger partial charge in [-0.15, -0.1) is 0 Å². The molecule has 0 fully saturated rings. The van der Waals surface area contributed by atoms with E-state index in [1.807, 2.05) is 39.8 Å². The molecule has 0 unspecified atom stereocenters. The molecule has 0 radical (unpaired) electrons. The number of hydrogen-bond donors (Lipinski definition) is 2. The summed E-state index contributed by atoms with van der Waals surface area (Å²) in [5.41, 5.74) is 15.8. The van der Waals surface area contributed by atoms with Crippen molar-refractivity contribution < 1.29 is 9.85 Å². The topological polar surface area (TPSA) is 207 Å². The number of anilines is 2. The number of pyridine rings is 2. The summed E-state index contributed by atoms with van der Waals surface area (Å²) in [5, 5.41) is 31.5. The predicted molar refractivity (Wildman–Crippen MR) is 236 cm³/mol. The highest BCUT2D eigenvalue weighted by Crippen LogP contribution is 2.49. The average molecular weight is 789 g/mol. The van der Waals surface area contributed by atoms with Gasteiger partial charge in [0.2, 0.25) is 0 Å². The minimum Gasteiger partial charge on any atom is -0.398 e. The second kappa shape index (κ2) is 11.6. The van der Waals surface area contributed by atoms with Crippen LogP contribution in [0.25, 0.3) is 98.0 Å². The first kappa shape index (κ1) is 34.9. The molecule has 0 aliphatic carbocycles. The van der Waals surface area contributed by atoms with Crippen LogP contribution in [0, 0.1) is 55.7 Å². The molecule has 0 atom stereocenters. The lowest BCUT2D eigenvalue weighted by molar-refractivity contribution is -0.385. The smallest absolute Gasteiger partial charge is 0.287 e. The molecule has 0 bridgehead atoms. The van der Waals surface area contributed by atoms with Crippen molar-refractivity contribution in [1.29, 1.82) is 0 Å². The summed E-state index contributed by atoms with van der Waals surface area (Å²) in [4.78, 5) is 62.1. The van der Waals surface area contributed by atoms with Crippen LogP contribution < -0.4 is 22.6 Å². The highest BCUT2D eigenvalue weighted by Gasteiger charge is 2.28. The second-order valence-electron chi connectivity index (χ2n) is 15.8. The quantitative estimate of drug-likeness (QED) is 0.0428. The first-order valence-corrected chi connectivity index (χ1v) is 19.1. The van der Waals surface area contributed by atoms with Crippen LogP contribution >= 0.6 is 0 Å². The molecule has 0 saturated carbocycles. The average Bonchev–Trinajstić information content (AvgIpc) is 3.78. The van der Waals surface area contributed by atoms with E-state index in [0.717, 1.165) is 0 Å². The van der Waals surface area contributed by atoms with Crippen molar-refractivity contribution in [2.24, 2.45) is 11.8 Å². The van der Waals surface area contributed by atoms with E-state index in [0.29, 0.717) is 87.0 Å². The first-order valence-electron chi connectivity index (χ1n) is 19.1. The van der Waals surface area contributed by atoms with E-state index >= 15 is 0 Å². The first-order chi connectivity index (χ1) is 28.7. The maximum Gasteiger partial charge on any atom is 0.287 e. The zero-order valence-corrected chi connectivity index (χ0v) is 32.2. The van der Waals surface area contributed by atoms with Crippen molar-refractivity contribution in [3.05, 3.63) is 113 Å². The van der Waals surface area contributed by atoms with Crippen LogP contribution in [0.3, 0.4) is 0 Å². The fourth-order valence-electron chi connectivity index (χ4n) is 9.06. The van der Waals surface area contributed by atoms with Crippen molar-refractivity contribution in [2.45, 2.75) is 27.7 Å². The molecule has 288 valence electrons. The lowest BCUT2D eigenvalue weighted by atomic mass is 9.85. The van der Waals surface area contributed by atoms with Gasteiger partial charge in [0.1, 0.15) is 22.4 Å². The van der Waals surface area contributed by atoms with E-state index in [1.165, 1.54) is 20.9 Å². The summed E-state index contributed by atoms with van der Waals surface area (Å²) in [6, 6.07) is 16.5. The van der Waals surface area contributed by atoms with Crippen LogP contribution in [0.5, 0.6) is 0 Å². The zero-order chi connectivity index (χ0) is 41.8. The van der Waals surface area contributed by atoms with E-state index < -0.39 is 9.85 Å². The lowest BCUT2D eigenvalue weighted by Gasteiger charge is -2.20. The molecule has 0 aliphatic heterocycles. The van der Waals surface area contributed by atoms with Gasteiger partial charge < -0.3 is 11.5 Å². The number of nitro groups is 2. The van der Waals surface area contributed by atoms with Crippen LogP contribution in [0.1, 0.15) is 38.8 Å². The number of fused-ring (bicyclic) bond motifs is 10. The second-order valence-corrected chi connectivity index (χ2v) is 15.8. The molecule has 4 N–H and O–H groups in total. The molecular formula is C46H28N8O6. The number of rotatable bonds is 2. The molecule has 7 aromatic carbocycles. The van der Waals surface area contributed by atoms with Gasteiger partial charge in [-0.1, -0.05) is 63.5 Å². The van der Waals surface area contributed by atoms with E-state index in [-0.39, 0.29) is 67.8 Å². The normalized spacial score (nSPS) is 12.2. The standard InChI is InChI=1S/C46H28N8O6/c1-19(2)5-7-21-13-35-31(17-33(21)53(57)58)49-43-27-15-29(47)39-24-10-12-26-38-28(16-30(48)40(42(24)38)23-9-11-25(37(27)41(23)39)45(55)51(35)43)44-50-32-18-34(54(59)60)22(8-6-20(3)4)14-36(32)52(44)46(26)56/h9-20H,47-48H2,1-4H3. The van der Waals surface area contributed by atoms with Gasteiger partial charge in [-0.05, 0) is 47.2 Å². The Kier molecular flexibility index (Phi) is 6.75. The number of hydrogen-bond acceptors (Lipinski definition) is 10. The highest BCUT2D eigenvalue weighted by molar-refractivity contribution is 6.44. The molecule has 60 heavy (non-hydrogen) atoms. The summed E-state index contributed by atoms with van der Waals surface area (Å²) < 4.78 is 2.92. The van der Waals surface area contributed by atoms with Gasteiger partial charge in [0.05, 0.1) is 31.9 Å². The molecule has 4 aromatic heterocycles. The van der Waals surface area contributed by atoms with E-state index in [1.54, 1.807) is 36.4 Å². The third-order valence-corrected chi connectivity index (χ3v) is 11.4. The van der Waals surface area contributed by atoms with Gasteiger partial charge in [0, 0.05) is 89.2 Å². The number of imidazole rings is 2. The van der Waals surface area contributed by atoms with Gasteiger partial charge in [0.25, 0.3) is 22.5 Å². The summed E-state index contributed by atoms with van der Waals surface area (Å²) in [6.45, 7) is 7.53. The Morgan fingerprint density at radius 2 is 0.933 bits per heavy atom. The summed E-state index contributed by atoms with van der Waals surface area (Å²) in [7, 11) is 0. The number of nitrogen functional groups attached to an aromatic ring is 2. The van der Waals surface area contributed by atoms with Crippen molar-refractivity contribution in [3.63, 3.8) is 0 Å². The van der Waals surface area contributed by atoms with Crippen LogP contribution in [-0.4, -0.2) is 28.6 Å². The van der Waals surface area contributed by atoms with Crippen molar-refractivity contribution in [3.8, 4) is 23.7 Å². The Morgan fingerprint density at radius 3 is 1.30 bits per heavy atom. The van der Waals surface area contributed by atoms with Crippen molar-refractivity contribution in [2.75, 3.05) is 11.5 Å². The molecule has 4 heterocycles. The maximum atomic E-state index is 14.6. The summed E-state index contributed by atoms with van der Waals surface area (Å²) >= 11 is 0. The van der Waals surface area contributed by atoms with Crippen molar-refractivity contribution >= 4 is 121 Å². The lowest BCUT2D eigenvalue weighted by Crippen LogP contribution is -2.14. The molecular weight excluding hydrogens is 761 g/mol. The third kappa shape index (κ3) is 4.39.